The van der Waals surface area contributed by atoms with Crippen LogP contribution in [-0.4, -0.2) is 35.7 Å². The normalized spacial score (nSPS) is 11.2. The Bertz CT molecular complexity index is 493. The zero-order valence-electron chi connectivity index (χ0n) is 12.6. The highest BCUT2D eigenvalue weighted by atomic mass is 16.6. The van der Waals surface area contributed by atoms with Crippen LogP contribution in [0.5, 0.6) is 0 Å². The first-order chi connectivity index (χ1) is 9.88. The van der Waals surface area contributed by atoms with E-state index in [9.17, 15) is 9.59 Å². The molecule has 2 N–H and O–H groups in total. The van der Waals surface area contributed by atoms with Gasteiger partial charge in [-0.1, -0.05) is 12.2 Å². The van der Waals surface area contributed by atoms with Gasteiger partial charge in [0.05, 0.1) is 0 Å². The second-order valence-electron chi connectivity index (χ2n) is 5.30. The molecule has 0 spiro atoms. The fourth-order valence-corrected chi connectivity index (χ4v) is 1.38. The molecular formula is C15H21N3O3. The molecule has 6 nitrogen and oxygen atoms in total. The van der Waals surface area contributed by atoms with Crippen LogP contribution in [0.1, 0.15) is 31.1 Å². The van der Waals surface area contributed by atoms with Crippen molar-refractivity contribution >= 4 is 12.0 Å². The molecule has 1 aromatic heterocycles. The molecule has 6 heteroatoms. The highest BCUT2D eigenvalue weighted by molar-refractivity contribution is 5.94. The SMILES string of the molecule is CC(C)(C)OC(=O)NCC=CCNC(=O)c1ccncc1. The lowest BCUT2D eigenvalue weighted by atomic mass is 10.2. The Hall–Kier alpha value is -2.37. The number of carbonyl (C=O) groups excluding carboxylic acids is 2. The zero-order chi connectivity index (χ0) is 15.7. The van der Waals surface area contributed by atoms with Crippen molar-refractivity contribution in [2.24, 2.45) is 0 Å². The zero-order valence-corrected chi connectivity index (χ0v) is 12.6. The molecule has 1 aromatic rings. The van der Waals surface area contributed by atoms with E-state index >= 15 is 0 Å². The Morgan fingerprint density at radius 1 is 1.14 bits per heavy atom. The molecule has 0 unspecified atom stereocenters. The van der Waals surface area contributed by atoms with E-state index < -0.39 is 11.7 Å². The molecule has 0 radical (unpaired) electrons. The summed E-state index contributed by atoms with van der Waals surface area (Å²) in [4.78, 5) is 26.9. The third-order valence-corrected chi connectivity index (χ3v) is 2.25. The van der Waals surface area contributed by atoms with Gasteiger partial charge in [0.2, 0.25) is 0 Å². The molecule has 0 saturated carbocycles. The summed E-state index contributed by atoms with van der Waals surface area (Å²) in [5.74, 6) is -0.165. The summed E-state index contributed by atoms with van der Waals surface area (Å²) in [6, 6.07) is 3.28. The minimum Gasteiger partial charge on any atom is -0.444 e. The summed E-state index contributed by atoms with van der Waals surface area (Å²) < 4.78 is 5.08. The van der Waals surface area contributed by atoms with Gasteiger partial charge < -0.3 is 15.4 Å². The minimum atomic E-state index is -0.508. The number of aromatic nitrogens is 1. The topological polar surface area (TPSA) is 80.3 Å². The third kappa shape index (κ3) is 7.71. The van der Waals surface area contributed by atoms with Gasteiger partial charge >= 0.3 is 6.09 Å². The van der Waals surface area contributed by atoms with E-state index in [0.717, 1.165) is 0 Å². The lowest BCUT2D eigenvalue weighted by Crippen LogP contribution is -2.32. The fourth-order valence-electron chi connectivity index (χ4n) is 1.38. The molecule has 0 aliphatic carbocycles. The Morgan fingerprint density at radius 3 is 2.29 bits per heavy atom. The first-order valence-corrected chi connectivity index (χ1v) is 6.68. The first kappa shape index (κ1) is 16.7. The van der Waals surface area contributed by atoms with Crippen molar-refractivity contribution in [1.82, 2.24) is 15.6 Å². The molecule has 1 rings (SSSR count). The quantitative estimate of drug-likeness (QED) is 0.812. The summed E-state index contributed by atoms with van der Waals surface area (Å²) >= 11 is 0. The van der Waals surface area contributed by atoms with Gasteiger partial charge in [0.1, 0.15) is 5.60 Å². The standard InChI is InChI=1S/C15H21N3O3/c1-15(2,3)21-14(20)18-9-5-4-8-17-13(19)12-6-10-16-11-7-12/h4-7,10-11H,8-9H2,1-3H3,(H,17,19)(H,18,20). The maximum Gasteiger partial charge on any atom is 0.407 e. The van der Waals surface area contributed by atoms with Gasteiger partial charge in [-0.05, 0) is 32.9 Å². The number of amides is 2. The van der Waals surface area contributed by atoms with Crippen LogP contribution in [0.3, 0.4) is 0 Å². The number of pyridine rings is 1. The molecule has 0 fully saturated rings. The molecule has 0 aliphatic heterocycles. The number of nitrogens with one attached hydrogen (secondary N) is 2. The van der Waals surface area contributed by atoms with E-state index in [1.54, 1.807) is 57.4 Å². The van der Waals surface area contributed by atoms with Gasteiger partial charge in [0, 0.05) is 31.0 Å². The highest BCUT2D eigenvalue weighted by Gasteiger charge is 2.14. The minimum absolute atomic E-state index is 0.165. The van der Waals surface area contributed by atoms with Crippen molar-refractivity contribution in [1.29, 1.82) is 0 Å². The van der Waals surface area contributed by atoms with Crippen molar-refractivity contribution in [3.63, 3.8) is 0 Å². The maximum absolute atomic E-state index is 11.7. The second kappa shape index (κ2) is 8.04. The second-order valence-corrected chi connectivity index (χ2v) is 5.30. The van der Waals surface area contributed by atoms with Gasteiger partial charge in [0.15, 0.2) is 0 Å². The van der Waals surface area contributed by atoms with Gasteiger partial charge in [-0.25, -0.2) is 4.79 Å². The largest absolute Gasteiger partial charge is 0.444 e. The predicted molar refractivity (Wildman–Crippen MR) is 79.9 cm³/mol. The predicted octanol–water partition coefficient (Wildman–Crippen LogP) is 1.89. The molecule has 0 bridgehead atoms. The molecular weight excluding hydrogens is 270 g/mol. The maximum atomic E-state index is 11.7. The molecule has 0 aromatic carbocycles. The van der Waals surface area contributed by atoms with Gasteiger partial charge in [-0.2, -0.15) is 0 Å². The summed E-state index contributed by atoms with van der Waals surface area (Å²) in [7, 11) is 0. The lowest BCUT2D eigenvalue weighted by molar-refractivity contribution is 0.0534. The van der Waals surface area contributed by atoms with Crippen molar-refractivity contribution in [3.05, 3.63) is 42.2 Å². The Balaban J connectivity index is 2.18. The molecule has 0 aliphatic rings. The van der Waals surface area contributed by atoms with Crippen molar-refractivity contribution in [2.45, 2.75) is 26.4 Å². The summed E-state index contributed by atoms with van der Waals surface area (Å²) in [5.41, 5.74) is 0.0528. The van der Waals surface area contributed by atoms with Gasteiger partial charge in [-0.3, -0.25) is 9.78 Å². The van der Waals surface area contributed by atoms with Crippen molar-refractivity contribution in [2.75, 3.05) is 13.1 Å². The Morgan fingerprint density at radius 2 is 1.71 bits per heavy atom. The molecule has 21 heavy (non-hydrogen) atoms. The first-order valence-electron chi connectivity index (χ1n) is 6.68. The Kier molecular flexibility index (Phi) is 6.39. The van der Waals surface area contributed by atoms with E-state index in [1.807, 2.05) is 0 Å². The van der Waals surface area contributed by atoms with Crippen molar-refractivity contribution < 1.29 is 14.3 Å². The molecule has 0 atom stereocenters. The average molecular weight is 291 g/mol. The number of rotatable bonds is 5. The molecule has 2 amide bonds. The summed E-state index contributed by atoms with van der Waals surface area (Å²) in [5, 5.41) is 5.32. The highest BCUT2D eigenvalue weighted by Crippen LogP contribution is 2.06. The average Bonchev–Trinajstić information content (AvgIpc) is 2.41. The Labute approximate surface area is 124 Å². The van der Waals surface area contributed by atoms with E-state index in [-0.39, 0.29) is 5.91 Å². The van der Waals surface area contributed by atoms with Crippen LogP contribution in [0, 0.1) is 0 Å². The number of nitrogens with zero attached hydrogens (tertiary/aromatic N) is 1. The van der Waals surface area contributed by atoms with Crippen LogP contribution in [0.4, 0.5) is 4.79 Å². The third-order valence-electron chi connectivity index (χ3n) is 2.25. The van der Waals surface area contributed by atoms with Crippen LogP contribution in [0.25, 0.3) is 0 Å². The fraction of sp³-hybridized carbons (Fsp3) is 0.400. The van der Waals surface area contributed by atoms with Crippen LogP contribution in [0.15, 0.2) is 36.7 Å². The van der Waals surface area contributed by atoms with Crippen LogP contribution >= 0.6 is 0 Å². The van der Waals surface area contributed by atoms with E-state index in [0.29, 0.717) is 18.7 Å². The summed E-state index contributed by atoms with van der Waals surface area (Å²) in [6.07, 6.45) is 6.17. The van der Waals surface area contributed by atoms with Crippen LogP contribution < -0.4 is 10.6 Å². The van der Waals surface area contributed by atoms with Crippen LogP contribution in [-0.2, 0) is 4.74 Å². The summed E-state index contributed by atoms with van der Waals surface area (Å²) in [6.45, 7) is 6.14. The van der Waals surface area contributed by atoms with E-state index in [1.165, 1.54) is 0 Å². The number of carbonyl (C=O) groups is 2. The van der Waals surface area contributed by atoms with E-state index in [2.05, 4.69) is 15.6 Å². The van der Waals surface area contributed by atoms with Crippen molar-refractivity contribution in [3.8, 4) is 0 Å². The monoisotopic (exact) mass is 291 g/mol. The van der Waals surface area contributed by atoms with E-state index in [4.69, 9.17) is 4.74 Å². The van der Waals surface area contributed by atoms with Gasteiger partial charge in [-0.15, -0.1) is 0 Å². The smallest absolute Gasteiger partial charge is 0.407 e. The lowest BCUT2D eigenvalue weighted by Gasteiger charge is -2.19. The number of hydrogen-bond acceptors (Lipinski definition) is 4. The molecule has 114 valence electrons. The number of ether oxygens (including phenoxy) is 1. The van der Waals surface area contributed by atoms with Gasteiger partial charge in [0.25, 0.3) is 5.91 Å². The number of hydrogen-bond donors (Lipinski definition) is 2. The van der Waals surface area contributed by atoms with Crippen LogP contribution in [0.2, 0.25) is 0 Å². The molecule has 0 saturated heterocycles. The number of alkyl carbamates (subject to hydrolysis) is 1. The molecule has 1 heterocycles.